The van der Waals surface area contributed by atoms with Gasteiger partial charge in [0, 0.05) is 12.3 Å². The predicted molar refractivity (Wildman–Crippen MR) is 77.5 cm³/mol. The minimum absolute atomic E-state index is 0.226. The first-order valence-corrected chi connectivity index (χ1v) is 7.69. The second-order valence-corrected chi connectivity index (χ2v) is 6.45. The number of carbonyl (C=O) groups excluding carboxylic acids is 1. The van der Waals surface area contributed by atoms with Gasteiger partial charge in [-0.1, -0.05) is 18.7 Å². The van der Waals surface area contributed by atoms with Crippen molar-refractivity contribution in [1.82, 2.24) is 20.1 Å². The maximum absolute atomic E-state index is 11.8. The first kappa shape index (κ1) is 15.1. The Morgan fingerprint density at radius 1 is 1.70 bits per heavy atom. The van der Waals surface area contributed by atoms with Crippen molar-refractivity contribution in [3.05, 3.63) is 10.5 Å². The van der Waals surface area contributed by atoms with E-state index in [1.165, 1.54) is 16.3 Å². The van der Waals surface area contributed by atoms with E-state index in [4.69, 9.17) is 5.73 Å². The highest BCUT2D eigenvalue weighted by atomic mass is 32.2. The van der Waals surface area contributed by atoms with Crippen molar-refractivity contribution >= 4 is 17.7 Å². The van der Waals surface area contributed by atoms with Gasteiger partial charge in [-0.25, -0.2) is 9.89 Å². The topological polar surface area (TPSA) is 106 Å². The Labute approximate surface area is 121 Å². The zero-order valence-corrected chi connectivity index (χ0v) is 12.6. The maximum Gasteiger partial charge on any atom is 0.343 e. The molecule has 1 heterocycles. The lowest BCUT2D eigenvalue weighted by Crippen LogP contribution is -2.58. The summed E-state index contributed by atoms with van der Waals surface area (Å²) < 4.78 is 1.48. The fourth-order valence-corrected chi connectivity index (χ4v) is 4.01. The van der Waals surface area contributed by atoms with Crippen molar-refractivity contribution in [2.45, 2.75) is 48.6 Å². The van der Waals surface area contributed by atoms with Gasteiger partial charge in [0.1, 0.15) is 0 Å². The molecular weight excluding hydrogens is 278 g/mol. The molecule has 0 aliphatic heterocycles. The number of nitrogens with zero attached hydrogens (tertiary/aromatic N) is 2. The summed E-state index contributed by atoms with van der Waals surface area (Å²) in [5.74, 6) is -0.291. The van der Waals surface area contributed by atoms with Crippen molar-refractivity contribution in [2.24, 2.45) is 12.8 Å². The highest BCUT2D eigenvalue weighted by molar-refractivity contribution is 7.99. The van der Waals surface area contributed by atoms with Gasteiger partial charge in [-0.05, 0) is 32.2 Å². The summed E-state index contributed by atoms with van der Waals surface area (Å²) >= 11 is 1.53. The van der Waals surface area contributed by atoms with Crippen LogP contribution in [0.4, 0.5) is 0 Å². The Kier molecular flexibility index (Phi) is 4.54. The minimum atomic E-state index is -0.625. The molecule has 1 amide bonds. The van der Waals surface area contributed by atoms with Crippen LogP contribution < -0.4 is 16.7 Å². The quantitative estimate of drug-likeness (QED) is 0.708. The van der Waals surface area contributed by atoms with Gasteiger partial charge in [-0.15, -0.1) is 5.10 Å². The van der Waals surface area contributed by atoms with Crippen molar-refractivity contribution in [3.63, 3.8) is 0 Å². The van der Waals surface area contributed by atoms with E-state index < -0.39 is 5.54 Å². The summed E-state index contributed by atoms with van der Waals surface area (Å²) in [6.45, 7) is 2.68. The Hall–Kier alpha value is -1.28. The van der Waals surface area contributed by atoms with Gasteiger partial charge in [0.25, 0.3) is 0 Å². The summed E-state index contributed by atoms with van der Waals surface area (Å²) in [5.41, 5.74) is 4.74. The number of hydrogen-bond donors (Lipinski definition) is 3. The van der Waals surface area contributed by atoms with Crippen molar-refractivity contribution in [2.75, 3.05) is 6.54 Å². The second kappa shape index (κ2) is 6.01. The fraction of sp³-hybridized carbons (Fsp3) is 0.750. The van der Waals surface area contributed by atoms with Crippen LogP contribution in [0.2, 0.25) is 0 Å². The molecule has 20 heavy (non-hydrogen) atoms. The Morgan fingerprint density at radius 3 is 3.00 bits per heavy atom. The lowest BCUT2D eigenvalue weighted by atomic mass is 9.80. The summed E-state index contributed by atoms with van der Waals surface area (Å²) in [4.78, 5) is 23.2. The Bertz CT molecular complexity index is 536. The molecule has 0 saturated heterocycles. The number of H-pyrrole nitrogens is 1. The lowest BCUT2D eigenvalue weighted by Gasteiger charge is -2.38. The minimum Gasteiger partial charge on any atom is -0.368 e. The number of nitrogens with one attached hydrogen (secondary N) is 2. The molecule has 1 aromatic rings. The molecule has 4 N–H and O–H groups in total. The summed E-state index contributed by atoms with van der Waals surface area (Å²) in [6.07, 6.45) is 3.37. The van der Waals surface area contributed by atoms with Crippen molar-refractivity contribution in [1.29, 1.82) is 0 Å². The monoisotopic (exact) mass is 299 g/mol. The molecule has 2 rings (SSSR count). The van der Waals surface area contributed by atoms with E-state index in [2.05, 4.69) is 15.5 Å². The van der Waals surface area contributed by atoms with Crippen LogP contribution in [-0.2, 0) is 11.8 Å². The standard InChI is InChI=1S/C12H21N5O2S/c1-3-14-12(9(13)18)6-4-5-8(7-12)20-11-16-15-10(19)17(11)2/h8,14H,3-7H2,1-2H3,(H2,13,18)(H,15,19). The number of carbonyl (C=O) groups is 1. The number of thioether (sulfide) groups is 1. The lowest BCUT2D eigenvalue weighted by molar-refractivity contribution is -0.125. The number of aromatic amines is 1. The summed E-state index contributed by atoms with van der Waals surface area (Å²) in [6, 6.07) is 0. The molecule has 8 heteroatoms. The average molecular weight is 299 g/mol. The SMILES string of the molecule is CCNC1(C(N)=O)CCCC(Sc2n[nH]c(=O)n2C)C1. The highest BCUT2D eigenvalue weighted by Gasteiger charge is 2.41. The van der Waals surface area contributed by atoms with Crippen molar-refractivity contribution in [3.8, 4) is 0 Å². The molecule has 1 fully saturated rings. The largest absolute Gasteiger partial charge is 0.368 e. The van der Waals surface area contributed by atoms with Crippen molar-refractivity contribution < 1.29 is 4.79 Å². The van der Waals surface area contributed by atoms with E-state index in [0.29, 0.717) is 18.1 Å². The first-order valence-electron chi connectivity index (χ1n) is 6.81. The summed E-state index contributed by atoms with van der Waals surface area (Å²) in [5, 5.41) is 10.5. The van der Waals surface area contributed by atoms with Crippen LogP contribution in [0.25, 0.3) is 0 Å². The van der Waals surface area contributed by atoms with Gasteiger partial charge < -0.3 is 11.1 Å². The molecule has 1 saturated carbocycles. The van der Waals surface area contributed by atoms with Gasteiger partial charge in [0.05, 0.1) is 5.54 Å². The normalized spacial score (nSPS) is 26.6. The van der Waals surface area contributed by atoms with Gasteiger partial charge in [0.15, 0.2) is 5.16 Å². The third-order valence-corrected chi connectivity index (χ3v) is 5.12. The molecule has 2 atom stereocenters. The molecule has 0 bridgehead atoms. The van der Waals surface area contributed by atoms with E-state index in [-0.39, 0.29) is 16.8 Å². The van der Waals surface area contributed by atoms with Crippen LogP contribution in [-0.4, -0.2) is 38.0 Å². The molecule has 1 aliphatic rings. The van der Waals surface area contributed by atoms with Crippen LogP contribution in [0, 0.1) is 0 Å². The van der Waals surface area contributed by atoms with E-state index in [1.54, 1.807) is 7.05 Å². The van der Waals surface area contributed by atoms with Crippen LogP contribution in [0.5, 0.6) is 0 Å². The van der Waals surface area contributed by atoms with Gasteiger partial charge >= 0.3 is 5.69 Å². The molecule has 7 nitrogen and oxygen atoms in total. The molecule has 1 aromatic heterocycles. The molecule has 1 aliphatic carbocycles. The van der Waals surface area contributed by atoms with Gasteiger partial charge in [-0.3, -0.25) is 9.36 Å². The average Bonchev–Trinajstić information content (AvgIpc) is 2.71. The third kappa shape index (κ3) is 2.90. The van der Waals surface area contributed by atoms with Crippen LogP contribution in [0.1, 0.15) is 32.6 Å². The number of primary amides is 1. The second-order valence-electron chi connectivity index (χ2n) is 5.18. The van der Waals surface area contributed by atoms with E-state index in [9.17, 15) is 9.59 Å². The van der Waals surface area contributed by atoms with Crippen LogP contribution in [0.3, 0.4) is 0 Å². The maximum atomic E-state index is 11.8. The number of amides is 1. The zero-order chi connectivity index (χ0) is 14.8. The smallest absolute Gasteiger partial charge is 0.343 e. The van der Waals surface area contributed by atoms with Gasteiger partial charge in [-0.2, -0.15) is 0 Å². The number of rotatable bonds is 5. The van der Waals surface area contributed by atoms with E-state index in [0.717, 1.165) is 19.3 Å². The number of aromatic nitrogens is 3. The third-order valence-electron chi connectivity index (χ3n) is 3.80. The summed E-state index contributed by atoms with van der Waals surface area (Å²) in [7, 11) is 1.68. The molecule has 0 spiro atoms. The Balaban J connectivity index is 2.12. The van der Waals surface area contributed by atoms with Crippen LogP contribution >= 0.6 is 11.8 Å². The number of hydrogen-bond acceptors (Lipinski definition) is 5. The highest BCUT2D eigenvalue weighted by Crippen LogP contribution is 2.37. The predicted octanol–water partition coefficient (Wildman–Crippen LogP) is -0.0233. The zero-order valence-electron chi connectivity index (χ0n) is 11.8. The number of nitrogens with two attached hydrogens (primary N) is 1. The Morgan fingerprint density at radius 2 is 2.45 bits per heavy atom. The first-order chi connectivity index (χ1) is 9.48. The molecular formula is C12H21N5O2S. The van der Waals surface area contributed by atoms with E-state index in [1.807, 2.05) is 6.92 Å². The number of likely N-dealkylation sites (N-methyl/N-ethyl adjacent to an activating group) is 1. The molecule has 112 valence electrons. The fourth-order valence-electron chi connectivity index (χ4n) is 2.72. The van der Waals surface area contributed by atoms with Gasteiger partial charge in [0.2, 0.25) is 5.91 Å². The van der Waals surface area contributed by atoms with Crippen LogP contribution in [0.15, 0.2) is 9.95 Å². The molecule has 2 unspecified atom stereocenters. The molecule has 0 radical (unpaired) electrons. The molecule has 0 aromatic carbocycles. The van der Waals surface area contributed by atoms with E-state index >= 15 is 0 Å².